The van der Waals surface area contributed by atoms with Crippen LogP contribution in [-0.4, -0.2) is 56.1 Å². The quantitative estimate of drug-likeness (QED) is 0.786. The molecular weight excluding hydrogens is 356 g/mol. The van der Waals surface area contributed by atoms with Gasteiger partial charge in [0.25, 0.3) is 0 Å². The van der Waals surface area contributed by atoms with Gasteiger partial charge in [-0.25, -0.2) is 18.2 Å². The van der Waals surface area contributed by atoms with E-state index < -0.39 is 15.8 Å². The highest BCUT2D eigenvalue weighted by Gasteiger charge is 2.31. The van der Waals surface area contributed by atoms with E-state index in [0.717, 1.165) is 0 Å². The minimum atomic E-state index is -2.98. The molecule has 9 heteroatoms. The third kappa shape index (κ3) is 3.93. The van der Waals surface area contributed by atoms with Crippen LogP contribution in [0.1, 0.15) is 16.8 Å². The molecule has 1 saturated heterocycles. The van der Waals surface area contributed by atoms with Gasteiger partial charge in [0.2, 0.25) is 5.95 Å². The molecule has 0 radical (unpaired) electrons. The number of methoxy groups -OCH3 is 1. The van der Waals surface area contributed by atoms with Crippen LogP contribution in [0.25, 0.3) is 0 Å². The zero-order chi connectivity index (χ0) is 18.7. The van der Waals surface area contributed by atoms with Crippen LogP contribution in [0.5, 0.6) is 0 Å². The predicted molar refractivity (Wildman–Crippen MR) is 98.6 cm³/mol. The maximum atomic E-state index is 11.9. The topological polar surface area (TPSA) is 101 Å². The Bertz CT molecular complexity index is 916. The average molecular weight is 376 g/mol. The maximum absolute atomic E-state index is 11.9. The Morgan fingerprint density at radius 1 is 1.31 bits per heavy atom. The number of nitrogens with zero attached hydrogens (tertiary/aromatic N) is 3. The van der Waals surface area contributed by atoms with Crippen molar-refractivity contribution >= 4 is 33.3 Å². The molecule has 0 aliphatic carbocycles. The molecule has 1 aromatic carbocycles. The van der Waals surface area contributed by atoms with Gasteiger partial charge in [-0.15, -0.1) is 0 Å². The first kappa shape index (κ1) is 18.1. The van der Waals surface area contributed by atoms with Crippen LogP contribution in [0.15, 0.2) is 36.5 Å². The van der Waals surface area contributed by atoms with Gasteiger partial charge in [-0.2, -0.15) is 4.98 Å². The van der Waals surface area contributed by atoms with Crippen LogP contribution in [-0.2, 0) is 14.6 Å². The SMILES string of the molecule is COC(=O)c1ccccc1Nc1nccc(N(C)C2CCS(=O)(=O)C2)n1. The summed E-state index contributed by atoms with van der Waals surface area (Å²) < 4.78 is 28.2. The van der Waals surface area contributed by atoms with E-state index >= 15 is 0 Å². The predicted octanol–water partition coefficient (Wildman–Crippen LogP) is 1.63. The molecule has 1 unspecified atom stereocenters. The van der Waals surface area contributed by atoms with E-state index in [4.69, 9.17) is 4.74 Å². The number of esters is 1. The number of anilines is 3. The van der Waals surface area contributed by atoms with Crippen molar-refractivity contribution in [3.05, 3.63) is 42.1 Å². The van der Waals surface area contributed by atoms with E-state index in [1.807, 2.05) is 11.9 Å². The molecule has 1 fully saturated rings. The number of nitrogens with one attached hydrogen (secondary N) is 1. The fraction of sp³-hybridized carbons (Fsp3) is 0.353. The Kier molecular flexibility index (Phi) is 5.08. The van der Waals surface area contributed by atoms with Crippen LogP contribution in [0.4, 0.5) is 17.5 Å². The van der Waals surface area contributed by atoms with Crippen molar-refractivity contribution in [2.75, 3.05) is 35.9 Å². The van der Waals surface area contributed by atoms with Crippen molar-refractivity contribution in [3.63, 3.8) is 0 Å². The minimum absolute atomic E-state index is 0.106. The average Bonchev–Trinajstić information content (AvgIpc) is 3.01. The molecule has 1 aromatic heterocycles. The van der Waals surface area contributed by atoms with Gasteiger partial charge in [-0.3, -0.25) is 0 Å². The standard InChI is InChI=1S/C17H20N4O4S/c1-21(12-8-10-26(23,24)11-12)15-7-9-18-17(20-15)19-14-6-4-3-5-13(14)16(22)25-2/h3-7,9,12H,8,10-11H2,1-2H3,(H,18,19,20). The summed E-state index contributed by atoms with van der Waals surface area (Å²) in [6.45, 7) is 0. The van der Waals surface area contributed by atoms with Crippen molar-refractivity contribution in [2.45, 2.75) is 12.5 Å². The second kappa shape index (κ2) is 7.28. The minimum Gasteiger partial charge on any atom is -0.465 e. The number of hydrogen-bond acceptors (Lipinski definition) is 8. The maximum Gasteiger partial charge on any atom is 0.339 e. The number of para-hydroxylation sites is 1. The summed E-state index contributed by atoms with van der Waals surface area (Å²) in [4.78, 5) is 22.3. The summed E-state index contributed by atoms with van der Waals surface area (Å²) >= 11 is 0. The summed E-state index contributed by atoms with van der Waals surface area (Å²) in [7, 11) is 0.162. The third-order valence-electron chi connectivity index (χ3n) is 4.34. The molecule has 0 bridgehead atoms. The van der Waals surface area contributed by atoms with Crippen LogP contribution < -0.4 is 10.2 Å². The van der Waals surface area contributed by atoms with E-state index in [0.29, 0.717) is 29.4 Å². The molecule has 1 N–H and O–H groups in total. The van der Waals surface area contributed by atoms with Crippen LogP contribution in [0, 0.1) is 0 Å². The zero-order valence-electron chi connectivity index (χ0n) is 14.5. The fourth-order valence-electron chi connectivity index (χ4n) is 2.87. The second-order valence-corrected chi connectivity index (χ2v) is 8.30. The number of benzene rings is 1. The van der Waals surface area contributed by atoms with E-state index in [-0.39, 0.29) is 17.5 Å². The molecule has 26 heavy (non-hydrogen) atoms. The van der Waals surface area contributed by atoms with Crippen molar-refractivity contribution in [1.82, 2.24) is 9.97 Å². The first-order valence-electron chi connectivity index (χ1n) is 8.10. The summed E-state index contributed by atoms with van der Waals surface area (Å²) in [6, 6.07) is 8.52. The number of rotatable bonds is 5. The first-order chi connectivity index (χ1) is 12.4. The van der Waals surface area contributed by atoms with Crippen LogP contribution in [0.3, 0.4) is 0 Å². The molecule has 0 saturated carbocycles. The van der Waals surface area contributed by atoms with Gasteiger partial charge in [0, 0.05) is 19.3 Å². The summed E-state index contributed by atoms with van der Waals surface area (Å²) in [5.41, 5.74) is 0.904. The fourth-order valence-corrected chi connectivity index (χ4v) is 4.65. The third-order valence-corrected chi connectivity index (χ3v) is 6.09. The largest absolute Gasteiger partial charge is 0.465 e. The van der Waals surface area contributed by atoms with Crippen LogP contribution in [0.2, 0.25) is 0 Å². The Hall–Kier alpha value is -2.68. The molecule has 0 spiro atoms. The molecule has 3 rings (SSSR count). The summed E-state index contributed by atoms with van der Waals surface area (Å²) in [6.07, 6.45) is 2.17. The molecule has 2 aromatic rings. The lowest BCUT2D eigenvalue weighted by Crippen LogP contribution is -2.33. The Morgan fingerprint density at radius 2 is 2.08 bits per heavy atom. The lowest BCUT2D eigenvalue weighted by Gasteiger charge is -2.24. The molecule has 2 heterocycles. The number of carbonyl (C=O) groups excluding carboxylic acids is 1. The smallest absolute Gasteiger partial charge is 0.339 e. The first-order valence-corrected chi connectivity index (χ1v) is 9.92. The molecule has 1 aliphatic heterocycles. The number of sulfone groups is 1. The molecule has 8 nitrogen and oxygen atoms in total. The molecule has 1 aliphatic rings. The lowest BCUT2D eigenvalue weighted by molar-refractivity contribution is 0.0602. The van der Waals surface area contributed by atoms with E-state index in [2.05, 4.69) is 15.3 Å². The van der Waals surface area contributed by atoms with Crippen LogP contribution >= 0.6 is 0 Å². The monoisotopic (exact) mass is 376 g/mol. The van der Waals surface area contributed by atoms with Crippen molar-refractivity contribution in [2.24, 2.45) is 0 Å². The highest BCUT2D eigenvalue weighted by Crippen LogP contribution is 2.24. The molecule has 0 amide bonds. The van der Waals surface area contributed by atoms with Gasteiger partial charge in [0.05, 0.1) is 29.9 Å². The molecule has 1 atom stereocenters. The molecule has 138 valence electrons. The van der Waals surface area contributed by atoms with E-state index in [1.54, 1.807) is 36.5 Å². The highest BCUT2D eigenvalue weighted by molar-refractivity contribution is 7.91. The van der Waals surface area contributed by atoms with E-state index in [1.165, 1.54) is 7.11 Å². The molecular formula is C17H20N4O4S. The second-order valence-electron chi connectivity index (χ2n) is 6.07. The summed E-state index contributed by atoms with van der Waals surface area (Å²) in [5.74, 6) is 0.788. The van der Waals surface area contributed by atoms with Gasteiger partial charge in [-0.05, 0) is 24.6 Å². The zero-order valence-corrected chi connectivity index (χ0v) is 15.4. The van der Waals surface area contributed by atoms with Crippen molar-refractivity contribution in [3.8, 4) is 0 Å². The number of aromatic nitrogens is 2. The van der Waals surface area contributed by atoms with Crippen molar-refractivity contribution < 1.29 is 17.9 Å². The van der Waals surface area contributed by atoms with Crippen molar-refractivity contribution in [1.29, 1.82) is 0 Å². The van der Waals surface area contributed by atoms with Gasteiger partial charge >= 0.3 is 5.97 Å². The Morgan fingerprint density at radius 3 is 2.77 bits per heavy atom. The van der Waals surface area contributed by atoms with Gasteiger partial charge in [-0.1, -0.05) is 12.1 Å². The Labute approximate surface area is 152 Å². The van der Waals surface area contributed by atoms with Gasteiger partial charge < -0.3 is 15.0 Å². The number of ether oxygens (including phenoxy) is 1. The number of hydrogen-bond donors (Lipinski definition) is 1. The van der Waals surface area contributed by atoms with Gasteiger partial charge in [0.1, 0.15) is 5.82 Å². The highest BCUT2D eigenvalue weighted by atomic mass is 32.2. The lowest BCUT2D eigenvalue weighted by atomic mass is 10.2. The number of carbonyl (C=O) groups is 1. The van der Waals surface area contributed by atoms with E-state index in [9.17, 15) is 13.2 Å². The normalized spacial score (nSPS) is 18.3. The summed E-state index contributed by atoms with van der Waals surface area (Å²) in [5, 5.41) is 3.02. The Balaban J connectivity index is 1.81. The van der Waals surface area contributed by atoms with Gasteiger partial charge in [0.15, 0.2) is 9.84 Å².